The van der Waals surface area contributed by atoms with Crippen LogP contribution in [0.5, 0.6) is 0 Å². The summed E-state index contributed by atoms with van der Waals surface area (Å²) in [7, 11) is 0. The molecule has 0 saturated heterocycles. The fraction of sp³-hybridized carbons (Fsp3) is 0.240. The third-order valence-electron chi connectivity index (χ3n) is 5.30. The van der Waals surface area contributed by atoms with Crippen molar-refractivity contribution in [2.24, 2.45) is 0 Å². The summed E-state index contributed by atoms with van der Waals surface area (Å²) in [5.41, 5.74) is 0.914. The van der Waals surface area contributed by atoms with E-state index in [1.807, 2.05) is 36.4 Å². The maximum atomic E-state index is 13.4. The van der Waals surface area contributed by atoms with Crippen LogP contribution in [0.4, 0.5) is 5.13 Å². The van der Waals surface area contributed by atoms with E-state index in [2.05, 4.69) is 10.1 Å². The Kier molecular flexibility index (Phi) is 7.12. The van der Waals surface area contributed by atoms with Crippen LogP contribution in [0, 0.1) is 6.92 Å². The third-order valence-corrected chi connectivity index (χ3v) is 6.29. The molecule has 0 saturated carbocycles. The minimum Gasteiger partial charge on any atom is -0.461 e. The molecule has 1 amide bonds. The van der Waals surface area contributed by atoms with Crippen LogP contribution in [0.3, 0.4) is 0 Å². The minimum absolute atomic E-state index is 0.195. The number of benzene rings is 2. The zero-order valence-electron chi connectivity index (χ0n) is 18.9. The van der Waals surface area contributed by atoms with E-state index in [9.17, 15) is 14.4 Å². The van der Waals surface area contributed by atoms with Crippen molar-refractivity contribution >= 4 is 39.1 Å². The van der Waals surface area contributed by atoms with Crippen LogP contribution in [-0.4, -0.2) is 39.8 Å². The Morgan fingerprint density at radius 3 is 2.59 bits per heavy atom. The standard InChI is InChI=1S/C25H24N4O4S/c1-3-33-24(32)22-17(2)34-25(27-22)28(14-13-18-9-5-4-6-10-18)21(30)16-29-23(31)20-12-8-7-11-19(20)15-26-29/h4-12,15H,3,13-14,16H2,1-2H3. The van der Waals surface area contributed by atoms with E-state index in [1.54, 1.807) is 38.2 Å². The van der Waals surface area contributed by atoms with E-state index < -0.39 is 5.97 Å². The number of aromatic nitrogens is 3. The van der Waals surface area contributed by atoms with Crippen LogP contribution in [0.2, 0.25) is 0 Å². The van der Waals surface area contributed by atoms with E-state index in [1.165, 1.54) is 16.2 Å². The molecule has 0 aliphatic heterocycles. The molecular weight excluding hydrogens is 452 g/mol. The van der Waals surface area contributed by atoms with Crippen LogP contribution in [0.25, 0.3) is 10.8 Å². The maximum absolute atomic E-state index is 13.4. The number of amides is 1. The van der Waals surface area contributed by atoms with Gasteiger partial charge in [0, 0.05) is 16.8 Å². The number of nitrogens with zero attached hydrogens (tertiary/aromatic N) is 4. The number of fused-ring (bicyclic) bond motifs is 1. The predicted molar refractivity (Wildman–Crippen MR) is 131 cm³/mol. The van der Waals surface area contributed by atoms with Crippen LogP contribution in [-0.2, 0) is 22.5 Å². The molecule has 174 valence electrons. The first-order valence-electron chi connectivity index (χ1n) is 10.9. The van der Waals surface area contributed by atoms with Gasteiger partial charge in [-0.05, 0) is 31.9 Å². The number of ether oxygens (including phenoxy) is 1. The third kappa shape index (κ3) is 5.04. The Morgan fingerprint density at radius 1 is 1.09 bits per heavy atom. The fourth-order valence-corrected chi connectivity index (χ4v) is 4.49. The molecule has 0 unspecified atom stereocenters. The van der Waals surface area contributed by atoms with Crippen LogP contribution >= 0.6 is 11.3 Å². The van der Waals surface area contributed by atoms with E-state index in [-0.39, 0.29) is 30.3 Å². The van der Waals surface area contributed by atoms with Gasteiger partial charge in [-0.15, -0.1) is 11.3 Å². The highest BCUT2D eigenvalue weighted by Crippen LogP contribution is 2.27. The molecule has 2 aromatic carbocycles. The molecule has 0 bridgehead atoms. The van der Waals surface area contributed by atoms with Gasteiger partial charge in [0.05, 0.1) is 18.2 Å². The number of rotatable bonds is 8. The lowest BCUT2D eigenvalue weighted by Crippen LogP contribution is -2.38. The van der Waals surface area contributed by atoms with Gasteiger partial charge in [0.1, 0.15) is 6.54 Å². The number of hydrogen-bond donors (Lipinski definition) is 0. The molecule has 2 heterocycles. The molecule has 0 spiro atoms. The maximum Gasteiger partial charge on any atom is 0.358 e. The van der Waals surface area contributed by atoms with E-state index in [0.29, 0.717) is 33.7 Å². The zero-order valence-corrected chi connectivity index (χ0v) is 19.7. The van der Waals surface area contributed by atoms with Gasteiger partial charge >= 0.3 is 5.97 Å². The summed E-state index contributed by atoms with van der Waals surface area (Å²) in [6, 6.07) is 16.9. The van der Waals surface area contributed by atoms with Crippen molar-refractivity contribution < 1.29 is 14.3 Å². The average Bonchev–Trinajstić information content (AvgIpc) is 3.23. The summed E-state index contributed by atoms with van der Waals surface area (Å²) >= 11 is 1.24. The first-order valence-corrected chi connectivity index (χ1v) is 11.7. The zero-order chi connectivity index (χ0) is 24.1. The summed E-state index contributed by atoms with van der Waals surface area (Å²) in [4.78, 5) is 45.2. The molecular formula is C25H24N4O4S. The summed E-state index contributed by atoms with van der Waals surface area (Å²) in [5, 5.41) is 5.78. The van der Waals surface area contributed by atoms with Crippen LogP contribution in [0.1, 0.15) is 27.9 Å². The summed E-state index contributed by atoms with van der Waals surface area (Å²) in [5.74, 6) is -0.865. The highest BCUT2D eigenvalue weighted by Gasteiger charge is 2.24. The molecule has 0 N–H and O–H groups in total. The molecule has 0 atom stereocenters. The topological polar surface area (TPSA) is 94.4 Å². The summed E-state index contributed by atoms with van der Waals surface area (Å²) in [6.07, 6.45) is 2.16. The van der Waals surface area contributed by atoms with Gasteiger partial charge in [0.2, 0.25) is 0 Å². The second kappa shape index (κ2) is 10.4. The van der Waals surface area contributed by atoms with Crippen molar-refractivity contribution in [3.63, 3.8) is 0 Å². The summed E-state index contributed by atoms with van der Waals surface area (Å²) in [6.45, 7) is 3.82. The highest BCUT2D eigenvalue weighted by molar-refractivity contribution is 7.16. The quantitative estimate of drug-likeness (QED) is 0.361. The van der Waals surface area contributed by atoms with Gasteiger partial charge in [-0.2, -0.15) is 5.10 Å². The van der Waals surface area contributed by atoms with Gasteiger partial charge in [-0.3, -0.25) is 14.5 Å². The van der Waals surface area contributed by atoms with Gasteiger partial charge in [0.15, 0.2) is 10.8 Å². The Morgan fingerprint density at radius 2 is 1.82 bits per heavy atom. The number of anilines is 1. The van der Waals surface area contributed by atoms with Crippen molar-refractivity contribution in [2.75, 3.05) is 18.1 Å². The number of thiazole rings is 1. The van der Waals surface area contributed by atoms with Crippen molar-refractivity contribution in [2.45, 2.75) is 26.8 Å². The van der Waals surface area contributed by atoms with Crippen molar-refractivity contribution in [3.8, 4) is 0 Å². The van der Waals surface area contributed by atoms with Crippen LogP contribution in [0.15, 0.2) is 65.6 Å². The molecule has 34 heavy (non-hydrogen) atoms. The Hall–Kier alpha value is -3.85. The van der Waals surface area contributed by atoms with E-state index in [0.717, 1.165) is 10.2 Å². The molecule has 9 heteroatoms. The van der Waals surface area contributed by atoms with Crippen molar-refractivity contribution in [1.82, 2.24) is 14.8 Å². The second-order valence-corrected chi connectivity index (χ2v) is 8.78. The number of carbonyl (C=O) groups is 2. The summed E-state index contributed by atoms with van der Waals surface area (Å²) < 4.78 is 6.25. The SMILES string of the molecule is CCOC(=O)c1nc(N(CCc2ccccc2)C(=O)Cn2ncc3ccccc3c2=O)sc1C. The fourth-order valence-electron chi connectivity index (χ4n) is 3.55. The number of hydrogen-bond acceptors (Lipinski definition) is 7. The van der Waals surface area contributed by atoms with Crippen LogP contribution < -0.4 is 10.5 Å². The molecule has 4 rings (SSSR count). The van der Waals surface area contributed by atoms with Crippen molar-refractivity contribution in [3.05, 3.63) is 87.3 Å². The molecule has 4 aromatic rings. The Labute approximate surface area is 200 Å². The first kappa shape index (κ1) is 23.3. The Bertz CT molecular complexity index is 1380. The lowest BCUT2D eigenvalue weighted by molar-refractivity contribution is -0.119. The molecule has 8 nitrogen and oxygen atoms in total. The van der Waals surface area contributed by atoms with Gasteiger partial charge in [-0.1, -0.05) is 48.5 Å². The monoisotopic (exact) mass is 476 g/mol. The highest BCUT2D eigenvalue weighted by atomic mass is 32.1. The average molecular weight is 477 g/mol. The van der Waals surface area contributed by atoms with Gasteiger partial charge < -0.3 is 4.74 Å². The molecule has 0 fully saturated rings. The van der Waals surface area contributed by atoms with Crippen molar-refractivity contribution in [1.29, 1.82) is 0 Å². The number of aryl methyl sites for hydroxylation is 1. The lowest BCUT2D eigenvalue weighted by Gasteiger charge is -2.20. The minimum atomic E-state index is -0.523. The molecule has 0 radical (unpaired) electrons. The predicted octanol–water partition coefficient (Wildman–Crippen LogP) is 3.61. The Balaban J connectivity index is 1.64. The normalized spacial score (nSPS) is 10.9. The molecule has 0 aliphatic rings. The van der Waals surface area contributed by atoms with Gasteiger partial charge in [-0.25, -0.2) is 14.5 Å². The second-order valence-electron chi connectivity index (χ2n) is 7.60. The first-order chi connectivity index (χ1) is 16.5. The molecule has 2 aromatic heterocycles. The van der Waals surface area contributed by atoms with E-state index in [4.69, 9.17) is 4.74 Å². The number of esters is 1. The smallest absolute Gasteiger partial charge is 0.358 e. The largest absolute Gasteiger partial charge is 0.461 e. The van der Waals surface area contributed by atoms with Gasteiger partial charge in [0.25, 0.3) is 11.5 Å². The lowest BCUT2D eigenvalue weighted by atomic mass is 10.1. The van der Waals surface area contributed by atoms with E-state index >= 15 is 0 Å². The molecule has 0 aliphatic carbocycles. The number of carbonyl (C=O) groups excluding carboxylic acids is 2.